The summed E-state index contributed by atoms with van der Waals surface area (Å²) in [4.78, 5) is 23.2. The monoisotopic (exact) mass is 493 g/mol. The van der Waals surface area contributed by atoms with Crippen LogP contribution in [0.5, 0.6) is 0 Å². The lowest BCUT2D eigenvalue weighted by molar-refractivity contribution is -0.151. The Kier molecular flexibility index (Phi) is 21.7. The van der Waals surface area contributed by atoms with Gasteiger partial charge >= 0.3 is 13.6 Å². The molecular formula is C25H52NO6P. The predicted molar refractivity (Wildman–Crippen MR) is 136 cm³/mol. The van der Waals surface area contributed by atoms with Gasteiger partial charge in [0.1, 0.15) is 6.10 Å². The summed E-state index contributed by atoms with van der Waals surface area (Å²) in [6.45, 7) is 4.92. The van der Waals surface area contributed by atoms with Crippen LogP contribution in [0.1, 0.15) is 104 Å². The number of carbonyl (C=O) groups is 1. The predicted octanol–water partition coefficient (Wildman–Crippen LogP) is 6.18. The van der Waals surface area contributed by atoms with Crippen molar-refractivity contribution >= 4 is 13.6 Å². The molecular weight excluding hydrogens is 441 g/mol. The van der Waals surface area contributed by atoms with E-state index in [4.69, 9.17) is 14.0 Å². The highest BCUT2D eigenvalue weighted by Crippen LogP contribution is 2.42. The van der Waals surface area contributed by atoms with Gasteiger partial charge in [-0.3, -0.25) is 9.36 Å². The van der Waals surface area contributed by atoms with Crippen LogP contribution in [0, 0.1) is 0 Å². The van der Waals surface area contributed by atoms with E-state index in [0.717, 1.165) is 12.8 Å². The molecule has 0 saturated carbocycles. The molecule has 1 N–H and O–H groups in total. The van der Waals surface area contributed by atoms with Crippen LogP contribution in [-0.2, 0) is 23.4 Å². The van der Waals surface area contributed by atoms with Gasteiger partial charge in [-0.05, 0) is 33.5 Å². The molecule has 198 valence electrons. The lowest BCUT2D eigenvalue weighted by Crippen LogP contribution is -2.27. The van der Waals surface area contributed by atoms with Crippen molar-refractivity contribution in [1.82, 2.24) is 4.90 Å². The molecule has 0 aromatic carbocycles. The van der Waals surface area contributed by atoms with Gasteiger partial charge in [0.25, 0.3) is 0 Å². The fourth-order valence-corrected chi connectivity index (χ4v) is 4.71. The smallest absolute Gasteiger partial charge is 0.328 e. The average Bonchev–Trinajstić information content (AvgIpc) is 2.74. The maximum Gasteiger partial charge on any atom is 0.328 e. The van der Waals surface area contributed by atoms with E-state index in [1.165, 1.54) is 77.6 Å². The van der Waals surface area contributed by atoms with Crippen LogP contribution in [0.25, 0.3) is 0 Å². The van der Waals surface area contributed by atoms with E-state index >= 15 is 0 Å². The number of ether oxygens (including phenoxy) is 2. The van der Waals surface area contributed by atoms with Crippen LogP contribution in [0.3, 0.4) is 0 Å². The Balaban J connectivity index is 3.75. The molecule has 0 heterocycles. The van der Waals surface area contributed by atoms with Crippen LogP contribution in [0.15, 0.2) is 0 Å². The third kappa shape index (κ3) is 24.5. The molecule has 0 aromatic heterocycles. The first-order valence-corrected chi connectivity index (χ1v) is 14.9. The first kappa shape index (κ1) is 32.5. The first-order chi connectivity index (χ1) is 15.8. The molecule has 0 fully saturated rings. The summed E-state index contributed by atoms with van der Waals surface area (Å²) in [5.74, 6) is -0.450. The number of rotatable bonds is 24. The van der Waals surface area contributed by atoms with Crippen molar-refractivity contribution in [3.63, 3.8) is 0 Å². The second-order valence-electron chi connectivity index (χ2n) is 9.36. The third-order valence-corrected chi connectivity index (χ3v) is 6.97. The molecule has 0 aliphatic rings. The number of esters is 1. The zero-order valence-corrected chi connectivity index (χ0v) is 22.8. The van der Waals surface area contributed by atoms with Gasteiger partial charge in [-0.25, -0.2) is 0 Å². The number of hydrogen-bond acceptors (Lipinski definition) is 6. The van der Waals surface area contributed by atoms with E-state index in [2.05, 4.69) is 6.92 Å². The molecule has 0 rings (SSSR count). The van der Waals surface area contributed by atoms with Crippen molar-refractivity contribution in [2.75, 3.05) is 46.6 Å². The Morgan fingerprint density at radius 3 is 1.85 bits per heavy atom. The molecule has 8 heteroatoms. The van der Waals surface area contributed by atoms with E-state index in [1.54, 1.807) is 0 Å². The lowest BCUT2D eigenvalue weighted by Gasteiger charge is -2.20. The first-order valence-electron chi connectivity index (χ1n) is 13.1. The van der Waals surface area contributed by atoms with Crippen LogP contribution < -0.4 is 0 Å². The minimum atomic E-state index is -3.69. The molecule has 7 nitrogen and oxygen atoms in total. The summed E-state index contributed by atoms with van der Waals surface area (Å²) in [5.41, 5.74) is 0. The summed E-state index contributed by atoms with van der Waals surface area (Å²) in [7, 11) is 0.128. The normalized spacial score (nSPS) is 14.4. The SMILES string of the molecule is CCCCCCCCCCCCCCCOCC(COP(=O)(O)CCCN(C)C)OC(C)=O. The van der Waals surface area contributed by atoms with Gasteiger partial charge in [-0.15, -0.1) is 0 Å². The standard InChI is InChI=1S/C25H52NO6P/c1-5-6-7-8-9-10-11-12-13-14-15-16-17-20-30-22-25(32-24(2)27)23-31-33(28,29)21-18-19-26(3)4/h25H,5-23H2,1-4H3,(H,28,29). The van der Waals surface area contributed by atoms with Gasteiger partial charge in [-0.2, -0.15) is 0 Å². The highest BCUT2D eigenvalue weighted by Gasteiger charge is 2.23. The van der Waals surface area contributed by atoms with E-state index in [1.807, 2.05) is 19.0 Å². The van der Waals surface area contributed by atoms with Crippen molar-refractivity contribution in [3.8, 4) is 0 Å². The topological polar surface area (TPSA) is 85.3 Å². The molecule has 2 unspecified atom stereocenters. The Morgan fingerprint density at radius 1 is 0.848 bits per heavy atom. The zero-order valence-electron chi connectivity index (χ0n) is 21.9. The Hall–Kier alpha value is -0.460. The summed E-state index contributed by atoms with van der Waals surface area (Å²) in [5, 5.41) is 0. The molecule has 0 bridgehead atoms. The molecule has 0 spiro atoms. The Bertz CT molecular complexity index is 503. The van der Waals surface area contributed by atoms with Crippen molar-refractivity contribution in [2.24, 2.45) is 0 Å². The van der Waals surface area contributed by atoms with Crippen LogP contribution in [0.2, 0.25) is 0 Å². The van der Waals surface area contributed by atoms with Gasteiger partial charge in [0.05, 0.1) is 19.4 Å². The van der Waals surface area contributed by atoms with Crippen molar-refractivity contribution < 1.29 is 28.3 Å². The fourth-order valence-electron chi connectivity index (χ4n) is 3.64. The molecule has 2 atom stereocenters. The van der Waals surface area contributed by atoms with Gasteiger partial charge in [0, 0.05) is 13.5 Å². The van der Waals surface area contributed by atoms with E-state index in [0.29, 0.717) is 19.6 Å². The molecule has 0 aromatic rings. The number of nitrogens with zero attached hydrogens (tertiary/aromatic N) is 1. The lowest BCUT2D eigenvalue weighted by atomic mass is 10.0. The average molecular weight is 494 g/mol. The van der Waals surface area contributed by atoms with Crippen LogP contribution in [0.4, 0.5) is 0 Å². The quantitative estimate of drug-likeness (QED) is 0.0976. The Labute approximate surface area is 203 Å². The molecule has 0 saturated heterocycles. The number of unbranched alkanes of at least 4 members (excludes halogenated alkanes) is 12. The fraction of sp³-hybridized carbons (Fsp3) is 0.960. The van der Waals surface area contributed by atoms with E-state index < -0.39 is 19.7 Å². The highest BCUT2D eigenvalue weighted by molar-refractivity contribution is 7.52. The van der Waals surface area contributed by atoms with E-state index in [-0.39, 0.29) is 19.4 Å². The second kappa shape index (κ2) is 22.0. The minimum absolute atomic E-state index is 0.0811. The van der Waals surface area contributed by atoms with E-state index in [9.17, 15) is 14.3 Å². The maximum absolute atomic E-state index is 12.1. The molecule has 0 amide bonds. The van der Waals surface area contributed by atoms with Gasteiger partial charge in [0.2, 0.25) is 0 Å². The van der Waals surface area contributed by atoms with Gasteiger partial charge in [0.15, 0.2) is 0 Å². The number of carbonyl (C=O) groups excluding carboxylic acids is 1. The van der Waals surface area contributed by atoms with Gasteiger partial charge < -0.3 is 23.8 Å². The summed E-state index contributed by atoms with van der Waals surface area (Å²) < 4.78 is 28.1. The van der Waals surface area contributed by atoms with Crippen LogP contribution >= 0.6 is 7.60 Å². The molecule has 0 radical (unpaired) electrons. The van der Waals surface area contributed by atoms with Crippen molar-refractivity contribution in [3.05, 3.63) is 0 Å². The minimum Gasteiger partial charge on any atom is -0.458 e. The second-order valence-corrected chi connectivity index (χ2v) is 11.3. The number of hydrogen-bond donors (Lipinski definition) is 1. The van der Waals surface area contributed by atoms with Crippen molar-refractivity contribution in [1.29, 1.82) is 0 Å². The van der Waals surface area contributed by atoms with Crippen molar-refractivity contribution in [2.45, 2.75) is 110 Å². The van der Waals surface area contributed by atoms with Gasteiger partial charge in [-0.1, -0.05) is 84.0 Å². The third-order valence-electron chi connectivity index (χ3n) is 5.54. The highest BCUT2D eigenvalue weighted by atomic mass is 31.2. The maximum atomic E-state index is 12.1. The summed E-state index contributed by atoms with van der Waals surface area (Å²) in [6, 6.07) is 0. The molecule has 0 aliphatic heterocycles. The molecule has 33 heavy (non-hydrogen) atoms. The van der Waals surface area contributed by atoms with Crippen LogP contribution in [-0.4, -0.2) is 68.5 Å². The Morgan fingerprint density at radius 2 is 1.36 bits per heavy atom. The summed E-state index contributed by atoms with van der Waals surface area (Å²) in [6.07, 6.45) is 16.9. The summed E-state index contributed by atoms with van der Waals surface area (Å²) >= 11 is 0. The zero-order chi connectivity index (χ0) is 24.8. The molecule has 0 aliphatic carbocycles. The largest absolute Gasteiger partial charge is 0.458 e.